The van der Waals surface area contributed by atoms with Crippen molar-refractivity contribution in [2.24, 2.45) is 0 Å². The lowest BCUT2D eigenvalue weighted by atomic mass is 10.1. The number of benzene rings is 3. The van der Waals surface area contributed by atoms with Crippen molar-refractivity contribution in [1.29, 1.82) is 0 Å². The molecule has 1 heterocycles. The fraction of sp³-hybridized carbons (Fsp3) is 0.130. The highest BCUT2D eigenvalue weighted by atomic mass is 32.2. The summed E-state index contributed by atoms with van der Waals surface area (Å²) in [6, 6.07) is 19.2. The van der Waals surface area contributed by atoms with Crippen molar-refractivity contribution in [3.8, 4) is 11.4 Å². The van der Waals surface area contributed by atoms with Gasteiger partial charge in [0.25, 0.3) is 5.56 Å². The molecule has 0 N–H and O–H groups in total. The van der Waals surface area contributed by atoms with Crippen LogP contribution in [0.5, 0.6) is 5.75 Å². The van der Waals surface area contributed by atoms with Gasteiger partial charge in [-0.15, -0.1) is 0 Å². The van der Waals surface area contributed by atoms with Gasteiger partial charge in [-0.25, -0.2) is 4.98 Å². The largest absolute Gasteiger partial charge is 0.497 e. The molecule has 4 nitrogen and oxygen atoms in total. The zero-order valence-electron chi connectivity index (χ0n) is 16.4. The van der Waals surface area contributed by atoms with E-state index in [1.807, 2.05) is 0 Å². The first-order valence-electron chi connectivity index (χ1n) is 9.32. The molecule has 3 aromatic carbocycles. The second-order valence-corrected chi connectivity index (χ2v) is 7.64. The first-order valence-corrected chi connectivity index (χ1v) is 10.3. The van der Waals surface area contributed by atoms with Gasteiger partial charge in [0.05, 0.1) is 29.3 Å². The minimum atomic E-state index is -4.46. The van der Waals surface area contributed by atoms with Gasteiger partial charge >= 0.3 is 6.18 Å². The summed E-state index contributed by atoms with van der Waals surface area (Å²) in [6.45, 7) is 0. The topological polar surface area (TPSA) is 44.1 Å². The first kappa shape index (κ1) is 21.0. The van der Waals surface area contributed by atoms with Crippen LogP contribution in [0.2, 0.25) is 0 Å². The number of hydrogen-bond acceptors (Lipinski definition) is 4. The Morgan fingerprint density at radius 3 is 2.52 bits per heavy atom. The number of halogens is 3. The molecule has 31 heavy (non-hydrogen) atoms. The average Bonchev–Trinajstić information content (AvgIpc) is 2.77. The number of alkyl halides is 3. The number of methoxy groups -OCH3 is 1. The van der Waals surface area contributed by atoms with E-state index >= 15 is 0 Å². The Morgan fingerprint density at radius 1 is 1.00 bits per heavy atom. The summed E-state index contributed by atoms with van der Waals surface area (Å²) in [5.74, 6) is 0.556. The van der Waals surface area contributed by atoms with Crippen LogP contribution < -0.4 is 10.3 Å². The number of hydrogen-bond donors (Lipinski definition) is 0. The Bertz CT molecular complexity index is 1300. The Morgan fingerprint density at radius 2 is 1.74 bits per heavy atom. The van der Waals surface area contributed by atoms with E-state index in [1.165, 1.54) is 23.8 Å². The highest BCUT2D eigenvalue weighted by Crippen LogP contribution is 2.35. The molecule has 0 amide bonds. The minimum absolute atomic E-state index is 0.00440. The number of para-hydroxylation sites is 1. The monoisotopic (exact) mass is 442 g/mol. The van der Waals surface area contributed by atoms with Gasteiger partial charge in [-0.3, -0.25) is 9.36 Å². The molecule has 0 atom stereocenters. The highest BCUT2D eigenvalue weighted by Gasteiger charge is 2.32. The molecule has 0 fully saturated rings. The molecule has 1 aromatic heterocycles. The van der Waals surface area contributed by atoms with E-state index in [4.69, 9.17) is 4.74 Å². The normalized spacial score (nSPS) is 11.6. The molecule has 0 unspecified atom stereocenters. The number of thioether (sulfide) groups is 1. The van der Waals surface area contributed by atoms with E-state index < -0.39 is 11.7 Å². The van der Waals surface area contributed by atoms with E-state index in [0.717, 1.165) is 17.8 Å². The number of rotatable bonds is 5. The van der Waals surface area contributed by atoms with Crippen LogP contribution in [0.25, 0.3) is 16.6 Å². The fourth-order valence-corrected chi connectivity index (χ4v) is 4.27. The number of fused-ring (bicyclic) bond motifs is 1. The third kappa shape index (κ3) is 4.29. The van der Waals surface area contributed by atoms with Crippen molar-refractivity contribution < 1.29 is 17.9 Å². The van der Waals surface area contributed by atoms with Crippen molar-refractivity contribution in [2.75, 3.05) is 7.11 Å². The highest BCUT2D eigenvalue weighted by molar-refractivity contribution is 7.98. The smallest absolute Gasteiger partial charge is 0.416 e. The van der Waals surface area contributed by atoms with Gasteiger partial charge in [0.15, 0.2) is 5.16 Å². The molecule has 4 aromatic rings. The minimum Gasteiger partial charge on any atom is -0.497 e. The van der Waals surface area contributed by atoms with Crippen molar-refractivity contribution in [3.63, 3.8) is 0 Å². The Hall–Kier alpha value is -3.26. The Labute approximate surface area is 180 Å². The molecule has 0 aliphatic heterocycles. The fourth-order valence-electron chi connectivity index (χ4n) is 3.25. The van der Waals surface area contributed by atoms with E-state index in [2.05, 4.69) is 4.98 Å². The zero-order valence-corrected chi connectivity index (χ0v) is 17.2. The molecular weight excluding hydrogens is 425 g/mol. The van der Waals surface area contributed by atoms with Gasteiger partial charge < -0.3 is 4.74 Å². The third-order valence-electron chi connectivity index (χ3n) is 4.74. The summed E-state index contributed by atoms with van der Waals surface area (Å²) in [5.41, 5.74) is 0.135. The molecule has 8 heteroatoms. The van der Waals surface area contributed by atoms with Gasteiger partial charge in [0.1, 0.15) is 5.75 Å². The number of aromatic nitrogens is 2. The SMILES string of the molecule is COc1cccc(-n2c(SCc3ccccc3C(F)(F)F)nc3ccccc3c2=O)c1. The van der Waals surface area contributed by atoms with Crippen molar-refractivity contribution in [1.82, 2.24) is 9.55 Å². The third-order valence-corrected chi connectivity index (χ3v) is 5.72. The summed E-state index contributed by atoms with van der Waals surface area (Å²) >= 11 is 1.08. The van der Waals surface area contributed by atoms with Crippen LogP contribution in [0.3, 0.4) is 0 Å². The van der Waals surface area contributed by atoms with Crippen LogP contribution in [0.15, 0.2) is 82.7 Å². The van der Waals surface area contributed by atoms with Crippen LogP contribution in [-0.2, 0) is 11.9 Å². The van der Waals surface area contributed by atoms with Gasteiger partial charge in [0.2, 0.25) is 0 Å². The summed E-state index contributed by atoms with van der Waals surface area (Å²) in [4.78, 5) is 17.9. The van der Waals surface area contributed by atoms with Gasteiger partial charge in [-0.05, 0) is 35.9 Å². The summed E-state index contributed by atoms with van der Waals surface area (Å²) in [6.07, 6.45) is -4.46. The van der Waals surface area contributed by atoms with Crippen LogP contribution in [0.1, 0.15) is 11.1 Å². The van der Waals surface area contributed by atoms with Gasteiger partial charge in [0, 0.05) is 11.8 Å². The Balaban J connectivity index is 1.83. The molecule has 0 bridgehead atoms. The maximum Gasteiger partial charge on any atom is 0.416 e. The maximum atomic E-state index is 13.4. The lowest BCUT2D eigenvalue weighted by Gasteiger charge is -2.15. The number of nitrogens with zero attached hydrogens (tertiary/aromatic N) is 2. The van der Waals surface area contributed by atoms with E-state index in [0.29, 0.717) is 27.5 Å². The molecular formula is C23H17F3N2O2S. The lowest BCUT2D eigenvalue weighted by Crippen LogP contribution is -2.21. The lowest BCUT2D eigenvalue weighted by molar-refractivity contribution is -0.138. The molecule has 0 saturated heterocycles. The van der Waals surface area contributed by atoms with Crippen LogP contribution in [-0.4, -0.2) is 16.7 Å². The van der Waals surface area contributed by atoms with E-state index in [1.54, 1.807) is 54.6 Å². The van der Waals surface area contributed by atoms with E-state index in [-0.39, 0.29) is 16.9 Å². The first-order chi connectivity index (χ1) is 14.9. The average molecular weight is 442 g/mol. The standard InChI is InChI=1S/C23H17F3N2O2S/c1-30-17-9-6-8-16(13-17)28-21(29)18-10-3-5-12-20(18)27-22(28)31-14-15-7-2-4-11-19(15)23(24,25)26/h2-13H,14H2,1H3. The quantitative estimate of drug-likeness (QED) is 0.294. The summed E-state index contributed by atoms with van der Waals surface area (Å²) in [7, 11) is 1.52. The summed E-state index contributed by atoms with van der Waals surface area (Å²) in [5, 5.41) is 0.722. The predicted molar refractivity (Wildman–Crippen MR) is 115 cm³/mol. The molecule has 0 aliphatic carbocycles. The molecule has 0 saturated carbocycles. The van der Waals surface area contributed by atoms with Crippen LogP contribution in [0.4, 0.5) is 13.2 Å². The predicted octanol–water partition coefficient (Wildman–Crippen LogP) is 5.71. The van der Waals surface area contributed by atoms with Gasteiger partial charge in [-0.1, -0.05) is 48.2 Å². The zero-order chi connectivity index (χ0) is 22.0. The second-order valence-electron chi connectivity index (χ2n) is 6.70. The van der Waals surface area contributed by atoms with Gasteiger partial charge in [-0.2, -0.15) is 13.2 Å². The van der Waals surface area contributed by atoms with E-state index in [9.17, 15) is 18.0 Å². The molecule has 4 rings (SSSR count). The number of ether oxygens (including phenoxy) is 1. The Kier molecular flexibility index (Phi) is 5.73. The van der Waals surface area contributed by atoms with Crippen molar-refractivity contribution in [2.45, 2.75) is 17.1 Å². The second kappa shape index (κ2) is 8.47. The molecule has 0 aliphatic rings. The van der Waals surface area contributed by atoms with Crippen molar-refractivity contribution in [3.05, 3.63) is 94.3 Å². The van der Waals surface area contributed by atoms with Crippen molar-refractivity contribution >= 4 is 22.7 Å². The molecule has 158 valence electrons. The summed E-state index contributed by atoms with van der Waals surface area (Å²) < 4.78 is 46.8. The maximum absolute atomic E-state index is 13.4. The van der Waals surface area contributed by atoms with Crippen LogP contribution >= 0.6 is 11.8 Å². The van der Waals surface area contributed by atoms with Crippen LogP contribution in [0, 0.1) is 0 Å². The molecule has 0 spiro atoms. The molecule has 0 radical (unpaired) electrons.